The van der Waals surface area contributed by atoms with Crippen molar-refractivity contribution in [1.82, 2.24) is 0 Å². The van der Waals surface area contributed by atoms with Gasteiger partial charge in [-0.05, 0) is 12.3 Å². The summed E-state index contributed by atoms with van der Waals surface area (Å²) in [5.74, 6) is 0.642. The van der Waals surface area contributed by atoms with Crippen LogP contribution in [0.25, 0.3) is 0 Å². The van der Waals surface area contributed by atoms with Gasteiger partial charge in [-0.1, -0.05) is 90.9 Å². The Bertz CT molecular complexity index is 305. The van der Waals surface area contributed by atoms with Crippen LogP contribution in [-0.2, 0) is 14.3 Å². The highest BCUT2D eigenvalue weighted by Crippen LogP contribution is 2.14. The summed E-state index contributed by atoms with van der Waals surface area (Å²) >= 11 is 0. The molecule has 4 nitrogen and oxygen atoms in total. The molecule has 0 aromatic rings. The Morgan fingerprint density at radius 2 is 1.23 bits per heavy atom. The molecule has 1 atom stereocenters. The molecule has 156 valence electrons. The lowest BCUT2D eigenvalue weighted by molar-refractivity contribution is -0.147. The molecule has 0 amide bonds. The Balaban J connectivity index is 3.18. The van der Waals surface area contributed by atoms with Gasteiger partial charge in [-0.2, -0.15) is 0 Å². The topological polar surface area (TPSA) is 55.8 Å². The van der Waals surface area contributed by atoms with Crippen LogP contribution in [0.5, 0.6) is 0 Å². The van der Waals surface area contributed by atoms with Crippen LogP contribution in [0.3, 0.4) is 0 Å². The molecule has 4 heteroatoms. The third-order valence-electron chi connectivity index (χ3n) is 4.71. The molecule has 0 bridgehead atoms. The van der Waals surface area contributed by atoms with Gasteiger partial charge in [0.05, 0.1) is 6.61 Å². The number of hydrogen-bond acceptors (Lipinski definition) is 4. The van der Waals surface area contributed by atoms with Gasteiger partial charge in [-0.25, -0.2) is 0 Å². The number of ether oxygens (including phenoxy) is 2. The normalized spacial score (nSPS) is 12.5. The second kappa shape index (κ2) is 19.2. The highest BCUT2D eigenvalue weighted by Gasteiger charge is 2.08. The van der Waals surface area contributed by atoms with Gasteiger partial charge in [0.1, 0.15) is 12.7 Å². The van der Waals surface area contributed by atoms with Crippen molar-refractivity contribution in [2.75, 3.05) is 20.3 Å². The van der Waals surface area contributed by atoms with Crippen molar-refractivity contribution < 1.29 is 19.4 Å². The Morgan fingerprint density at radius 1 is 0.769 bits per heavy atom. The molecule has 0 aliphatic heterocycles. The fraction of sp³-hybridized carbons (Fsp3) is 0.955. The van der Waals surface area contributed by atoms with E-state index in [4.69, 9.17) is 9.47 Å². The fourth-order valence-electron chi connectivity index (χ4n) is 3.09. The van der Waals surface area contributed by atoms with Crippen molar-refractivity contribution in [3.8, 4) is 0 Å². The lowest BCUT2D eigenvalue weighted by Gasteiger charge is -2.10. The zero-order valence-electron chi connectivity index (χ0n) is 17.6. The van der Waals surface area contributed by atoms with Gasteiger partial charge in [-0.15, -0.1) is 0 Å². The Kier molecular flexibility index (Phi) is 18.7. The molecular weight excluding hydrogens is 328 g/mol. The maximum Gasteiger partial charge on any atom is 0.305 e. The number of aliphatic hydroxyl groups excluding tert-OH is 1. The molecular formula is C22H44O4. The number of methoxy groups -OCH3 is 1. The molecule has 1 unspecified atom stereocenters. The molecule has 0 aliphatic carbocycles. The summed E-state index contributed by atoms with van der Waals surface area (Å²) in [6.07, 6.45) is 16.6. The maximum atomic E-state index is 11.5. The molecule has 0 radical (unpaired) electrons. The average Bonchev–Trinajstić information content (AvgIpc) is 2.60. The molecule has 0 aromatic carbocycles. The Morgan fingerprint density at radius 3 is 1.69 bits per heavy atom. The van der Waals surface area contributed by atoms with Crippen LogP contribution < -0.4 is 0 Å². The number of esters is 1. The molecule has 0 aromatic heterocycles. The summed E-state index contributed by atoms with van der Waals surface area (Å²) in [6, 6.07) is 0. The van der Waals surface area contributed by atoms with E-state index in [2.05, 4.69) is 13.8 Å². The largest absolute Gasteiger partial charge is 0.463 e. The molecule has 0 rings (SSSR count). The van der Waals surface area contributed by atoms with E-state index >= 15 is 0 Å². The maximum absolute atomic E-state index is 11.5. The van der Waals surface area contributed by atoms with Crippen LogP contribution in [0.2, 0.25) is 0 Å². The summed E-state index contributed by atoms with van der Waals surface area (Å²) in [5.41, 5.74) is 0. The molecule has 0 saturated carbocycles. The first-order valence-corrected chi connectivity index (χ1v) is 10.9. The Labute approximate surface area is 162 Å². The first-order chi connectivity index (χ1) is 12.6. The van der Waals surface area contributed by atoms with Crippen LogP contribution in [0.4, 0.5) is 0 Å². The van der Waals surface area contributed by atoms with Gasteiger partial charge in [0.2, 0.25) is 0 Å². The second-order valence-electron chi connectivity index (χ2n) is 7.97. The van der Waals surface area contributed by atoms with E-state index in [-0.39, 0.29) is 19.2 Å². The van der Waals surface area contributed by atoms with Crippen LogP contribution >= 0.6 is 0 Å². The molecule has 0 spiro atoms. The third-order valence-corrected chi connectivity index (χ3v) is 4.71. The van der Waals surface area contributed by atoms with E-state index < -0.39 is 6.10 Å². The summed E-state index contributed by atoms with van der Waals surface area (Å²) in [5, 5.41) is 9.40. The van der Waals surface area contributed by atoms with Crippen molar-refractivity contribution >= 4 is 5.97 Å². The summed E-state index contributed by atoms with van der Waals surface area (Å²) in [6.45, 7) is 4.85. The minimum Gasteiger partial charge on any atom is -0.463 e. The van der Waals surface area contributed by atoms with Crippen molar-refractivity contribution in [2.45, 2.75) is 110 Å². The van der Waals surface area contributed by atoms with E-state index in [1.165, 1.54) is 77.7 Å². The van der Waals surface area contributed by atoms with Gasteiger partial charge >= 0.3 is 5.97 Å². The van der Waals surface area contributed by atoms with Crippen molar-refractivity contribution in [3.05, 3.63) is 0 Å². The van der Waals surface area contributed by atoms with E-state index in [1.807, 2.05) is 0 Å². The SMILES string of the molecule is COCC(O)COC(=O)CCCCCCCCCCCCCCC(C)C. The third kappa shape index (κ3) is 19.7. The smallest absolute Gasteiger partial charge is 0.305 e. The van der Waals surface area contributed by atoms with E-state index in [0.717, 1.165) is 18.8 Å². The number of unbranched alkanes of at least 4 members (excludes halogenated alkanes) is 11. The number of hydrogen-bond donors (Lipinski definition) is 1. The van der Waals surface area contributed by atoms with Gasteiger partial charge in [0.25, 0.3) is 0 Å². The lowest BCUT2D eigenvalue weighted by atomic mass is 10.0. The Hall–Kier alpha value is -0.610. The van der Waals surface area contributed by atoms with Gasteiger partial charge in [0, 0.05) is 13.5 Å². The standard InChI is InChI=1S/C22H44O4/c1-20(2)16-14-12-10-8-6-4-5-7-9-11-13-15-17-22(24)26-19-21(23)18-25-3/h20-21,23H,4-19H2,1-3H3. The predicted molar refractivity (Wildman–Crippen MR) is 108 cm³/mol. The van der Waals surface area contributed by atoms with Crippen LogP contribution in [0, 0.1) is 5.92 Å². The van der Waals surface area contributed by atoms with Gasteiger partial charge in [-0.3, -0.25) is 4.79 Å². The van der Waals surface area contributed by atoms with Crippen LogP contribution in [0.1, 0.15) is 104 Å². The first kappa shape index (κ1) is 25.4. The van der Waals surface area contributed by atoms with Crippen molar-refractivity contribution in [1.29, 1.82) is 0 Å². The summed E-state index contributed by atoms with van der Waals surface area (Å²) in [7, 11) is 1.51. The number of carbonyl (C=O) groups excluding carboxylic acids is 1. The minimum absolute atomic E-state index is 0.0321. The molecule has 26 heavy (non-hydrogen) atoms. The molecule has 1 N–H and O–H groups in total. The van der Waals surface area contributed by atoms with Crippen molar-refractivity contribution in [3.63, 3.8) is 0 Å². The van der Waals surface area contributed by atoms with Gasteiger partial charge in [0.15, 0.2) is 0 Å². The minimum atomic E-state index is -0.719. The van der Waals surface area contributed by atoms with Crippen LogP contribution in [-0.4, -0.2) is 37.5 Å². The molecule has 0 aliphatic rings. The summed E-state index contributed by atoms with van der Waals surface area (Å²) in [4.78, 5) is 11.5. The van der Waals surface area contributed by atoms with E-state index in [9.17, 15) is 9.90 Å². The highest BCUT2D eigenvalue weighted by atomic mass is 16.5. The first-order valence-electron chi connectivity index (χ1n) is 10.9. The highest BCUT2D eigenvalue weighted by molar-refractivity contribution is 5.69. The second-order valence-corrected chi connectivity index (χ2v) is 7.97. The molecule has 0 saturated heterocycles. The number of aliphatic hydroxyl groups is 1. The summed E-state index contributed by atoms with van der Waals surface area (Å²) < 4.78 is 9.79. The fourth-order valence-corrected chi connectivity index (χ4v) is 3.09. The van der Waals surface area contributed by atoms with Crippen molar-refractivity contribution in [2.24, 2.45) is 5.92 Å². The zero-order valence-corrected chi connectivity index (χ0v) is 17.6. The number of rotatable bonds is 19. The quantitative estimate of drug-likeness (QED) is 0.235. The van der Waals surface area contributed by atoms with E-state index in [1.54, 1.807) is 0 Å². The monoisotopic (exact) mass is 372 g/mol. The van der Waals surface area contributed by atoms with E-state index in [0.29, 0.717) is 6.42 Å². The average molecular weight is 373 g/mol. The lowest BCUT2D eigenvalue weighted by Crippen LogP contribution is -2.22. The predicted octanol–water partition coefficient (Wildman–Crippen LogP) is 5.65. The molecule has 0 heterocycles. The van der Waals surface area contributed by atoms with Gasteiger partial charge < -0.3 is 14.6 Å². The number of carbonyl (C=O) groups is 1. The van der Waals surface area contributed by atoms with Crippen LogP contribution in [0.15, 0.2) is 0 Å². The zero-order chi connectivity index (χ0) is 19.5. The molecule has 0 fully saturated rings.